The van der Waals surface area contributed by atoms with Crippen LogP contribution in [-0.4, -0.2) is 24.4 Å². The molecular formula is C10H24N2O. The Hall–Kier alpha value is -0.120. The number of rotatable bonds is 9. The van der Waals surface area contributed by atoms with E-state index >= 15 is 0 Å². The smallest absolute Gasteiger partial charge is 0.104 e. The second-order valence-corrected chi connectivity index (χ2v) is 3.46. The Balaban J connectivity index is 3.05. The van der Waals surface area contributed by atoms with Gasteiger partial charge in [0.25, 0.3) is 0 Å². The highest BCUT2D eigenvalue weighted by atomic mass is 16.3. The van der Waals surface area contributed by atoms with Crippen molar-refractivity contribution in [3.63, 3.8) is 0 Å². The fourth-order valence-corrected chi connectivity index (χ4v) is 1.23. The van der Waals surface area contributed by atoms with Gasteiger partial charge in [0.15, 0.2) is 0 Å². The van der Waals surface area contributed by atoms with Gasteiger partial charge in [-0.05, 0) is 38.8 Å². The highest BCUT2D eigenvalue weighted by molar-refractivity contribution is 4.54. The van der Waals surface area contributed by atoms with Gasteiger partial charge >= 0.3 is 0 Å². The second kappa shape index (κ2) is 9.96. The third kappa shape index (κ3) is 9.80. The molecule has 0 radical (unpaired) electrons. The Morgan fingerprint density at radius 1 is 1.23 bits per heavy atom. The molecule has 3 nitrogen and oxygen atoms in total. The number of hydrogen-bond acceptors (Lipinski definition) is 3. The van der Waals surface area contributed by atoms with Crippen molar-refractivity contribution in [2.75, 3.05) is 13.1 Å². The maximum atomic E-state index is 9.43. The Kier molecular flexibility index (Phi) is 9.87. The van der Waals surface area contributed by atoms with Gasteiger partial charge in [0, 0.05) is 0 Å². The highest BCUT2D eigenvalue weighted by Crippen LogP contribution is 2.01. The van der Waals surface area contributed by atoms with E-state index in [-0.39, 0.29) is 6.23 Å². The normalized spacial score (nSPS) is 13.2. The molecule has 0 aliphatic rings. The Morgan fingerprint density at radius 3 is 2.62 bits per heavy atom. The minimum Gasteiger partial charge on any atom is -0.379 e. The first-order valence-electron chi connectivity index (χ1n) is 5.42. The zero-order chi connectivity index (χ0) is 9.94. The number of hydrogen-bond donors (Lipinski definition) is 3. The number of nitrogens with two attached hydrogens (primary N) is 1. The van der Waals surface area contributed by atoms with Crippen LogP contribution in [0.5, 0.6) is 0 Å². The lowest BCUT2D eigenvalue weighted by Crippen LogP contribution is -2.29. The van der Waals surface area contributed by atoms with Crippen molar-refractivity contribution in [2.45, 2.75) is 51.7 Å². The van der Waals surface area contributed by atoms with Gasteiger partial charge in [-0.15, -0.1) is 0 Å². The van der Waals surface area contributed by atoms with Crippen molar-refractivity contribution < 1.29 is 5.11 Å². The van der Waals surface area contributed by atoms with E-state index in [1.165, 1.54) is 12.8 Å². The van der Waals surface area contributed by atoms with Crippen LogP contribution < -0.4 is 11.1 Å². The van der Waals surface area contributed by atoms with Crippen LogP contribution in [0.2, 0.25) is 0 Å². The van der Waals surface area contributed by atoms with E-state index in [9.17, 15) is 5.11 Å². The number of nitrogens with one attached hydrogen (secondary N) is 1. The van der Waals surface area contributed by atoms with Crippen LogP contribution in [0.4, 0.5) is 0 Å². The molecule has 0 heterocycles. The van der Waals surface area contributed by atoms with Crippen molar-refractivity contribution in [1.82, 2.24) is 5.32 Å². The van der Waals surface area contributed by atoms with E-state index in [1.807, 2.05) is 0 Å². The molecule has 0 aromatic rings. The zero-order valence-corrected chi connectivity index (χ0v) is 8.76. The highest BCUT2D eigenvalue weighted by Gasteiger charge is 2.00. The lowest BCUT2D eigenvalue weighted by molar-refractivity contribution is 0.124. The average molecular weight is 188 g/mol. The van der Waals surface area contributed by atoms with Gasteiger partial charge in [0.05, 0.1) is 0 Å². The minimum absolute atomic E-state index is 0.315. The predicted molar refractivity (Wildman–Crippen MR) is 56.4 cm³/mol. The van der Waals surface area contributed by atoms with Crippen molar-refractivity contribution in [3.8, 4) is 0 Å². The summed E-state index contributed by atoms with van der Waals surface area (Å²) in [7, 11) is 0. The largest absolute Gasteiger partial charge is 0.379 e. The van der Waals surface area contributed by atoms with E-state index in [2.05, 4.69) is 12.2 Å². The number of unbranched alkanes of at least 4 members (excludes halogenated alkanes) is 3. The van der Waals surface area contributed by atoms with Gasteiger partial charge < -0.3 is 10.8 Å². The first kappa shape index (κ1) is 12.9. The minimum atomic E-state index is -0.315. The summed E-state index contributed by atoms with van der Waals surface area (Å²) in [4.78, 5) is 0. The van der Waals surface area contributed by atoms with Crippen LogP contribution in [-0.2, 0) is 0 Å². The van der Waals surface area contributed by atoms with Gasteiger partial charge in [-0.25, -0.2) is 0 Å². The monoisotopic (exact) mass is 188 g/mol. The molecule has 0 fully saturated rings. The van der Waals surface area contributed by atoms with Crippen LogP contribution in [0.1, 0.15) is 45.4 Å². The van der Waals surface area contributed by atoms with Gasteiger partial charge in [0.1, 0.15) is 6.23 Å². The van der Waals surface area contributed by atoms with Crippen LogP contribution in [0, 0.1) is 0 Å². The molecular weight excluding hydrogens is 164 g/mol. The molecule has 0 bridgehead atoms. The summed E-state index contributed by atoms with van der Waals surface area (Å²) in [5.74, 6) is 0. The average Bonchev–Trinajstić information content (AvgIpc) is 2.13. The molecule has 0 saturated carbocycles. The molecule has 0 amide bonds. The van der Waals surface area contributed by atoms with E-state index in [1.54, 1.807) is 0 Å². The van der Waals surface area contributed by atoms with Crippen LogP contribution >= 0.6 is 0 Å². The quantitative estimate of drug-likeness (QED) is 0.376. The maximum Gasteiger partial charge on any atom is 0.104 e. The summed E-state index contributed by atoms with van der Waals surface area (Å²) in [6, 6.07) is 0. The Labute approximate surface area is 81.7 Å². The predicted octanol–water partition coefficient (Wildman–Crippen LogP) is 1.21. The summed E-state index contributed by atoms with van der Waals surface area (Å²) < 4.78 is 0. The second-order valence-electron chi connectivity index (χ2n) is 3.46. The molecule has 1 unspecified atom stereocenters. The Bertz CT molecular complexity index is 98.9. The molecule has 0 aromatic heterocycles. The molecule has 0 rings (SSSR count). The van der Waals surface area contributed by atoms with Crippen LogP contribution in [0.25, 0.3) is 0 Å². The van der Waals surface area contributed by atoms with Crippen molar-refractivity contribution in [3.05, 3.63) is 0 Å². The van der Waals surface area contributed by atoms with Crippen molar-refractivity contribution in [1.29, 1.82) is 0 Å². The number of aliphatic hydroxyl groups excluding tert-OH is 1. The lowest BCUT2D eigenvalue weighted by atomic mass is 10.2. The summed E-state index contributed by atoms with van der Waals surface area (Å²) >= 11 is 0. The van der Waals surface area contributed by atoms with E-state index in [4.69, 9.17) is 5.73 Å². The van der Waals surface area contributed by atoms with E-state index in [0.29, 0.717) is 0 Å². The first-order valence-corrected chi connectivity index (χ1v) is 5.42. The molecule has 0 aliphatic carbocycles. The third-order valence-corrected chi connectivity index (χ3v) is 2.09. The zero-order valence-electron chi connectivity index (χ0n) is 8.76. The molecule has 0 aliphatic heterocycles. The SMILES string of the molecule is CCCCCC(O)NCCCCN. The fraction of sp³-hybridized carbons (Fsp3) is 1.00. The van der Waals surface area contributed by atoms with Gasteiger partial charge in [-0.3, -0.25) is 5.32 Å². The maximum absolute atomic E-state index is 9.43. The molecule has 0 saturated heterocycles. The molecule has 4 N–H and O–H groups in total. The summed E-state index contributed by atoms with van der Waals surface area (Å²) in [5, 5.41) is 12.5. The lowest BCUT2D eigenvalue weighted by Gasteiger charge is -2.11. The Morgan fingerprint density at radius 2 is 2.00 bits per heavy atom. The van der Waals surface area contributed by atoms with Crippen LogP contribution in [0.15, 0.2) is 0 Å². The van der Waals surface area contributed by atoms with Gasteiger partial charge in [-0.2, -0.15) is 0 Å². The van der Waals surface area contributed by atoms with Gasteiger partial charge in [0.2, 0.25) is 0 Å². The van der Waals surface area contributed by atoms with E-state index < -0.39 is 0 Å². The first-order chi connectivity index (χ1) is 6.31. The van der Waals surface area contributed by atoms with Gasteiger partial charge in [-0.1, -0.05) is 19.8 Å². The fourth-order valence-electron chi connectivity index (χ4n) is 1.23. The molecule has 3 heteroatoms. The molecule has 0 aromatic carbocycles. The topological polar surface area (TPSA) is 58.3 Å². The summed E-state index contributed by atoms with van der Waals surface area (Å²) in [6.45, 7) is 3.79. The van der Waals surface area contributed by atoms with E-state index in [0.717, 1.165) is 38.8 Å². The molecule has 13 heavy (non-hydrogen) atoms. The standard InChI is InChI=1S/C10H24N2O/c1-2-3-4-7-10(13)12-9-6-5-8-11/h10,12-13H,2-9,11H2,1H3. The summed E-state index contributed by atoms with van der Waals surface area (Å²) in [6.07, 6.45) is 6.18. The molecule has 1 atom stereocenters. The van der Waals surface area contributed by atoms with Crippen molar-refractivity contribution in [2.24, 2.45) is 5.73 Å². The molecule has 80 valence electrons. The molecule has 0 spiro atoms. The summed E-state index contributed by atoms with van der Waals surface area (Å²) in [5.41, 5.74) is 5.35. The number of aliphatic hydroxyl groups is 1. The van der Waals surface area contributed by atoms with Crippen LogP contribution in [0.3, 0.4) is 0 Å². The van der Waals surface area contributed by atoms with Crippen molar-refractivity contribution >= 4 is 0 Å². The third-order valence-electron chi connectivity index (χ3n) is 2.09.